The topological polar surface area (TPSA) is 0 Å². The molecule has 0 radical (unpaired) electrons. The highest BCUT2D eigenvalue weighted by molar-refractivity contribution is 5.94. The predicted octanol–water partition coefficient (Wildman–Crippen LogP) is 8.82. The maximum atomic E-state index is 2.52. The van der Waals surface area contributed by atoms with E-state index in [1.807, 2.05) is 0 Å². The highest BCUT2D eigenvalue weighted by Crippen LogP contribution is 2.50. The van der Waals surface area contributed by atoms with Gasteiger partial charge in [0, 0.05) is 11.8 Å². The van der Waals surface area contributed by atoms with Gasteiger partial charge in [-0.1, -0.05) is 98.0 Å². The van der Waals surface area contributed by atoms with Crippen LogP contribution in [-0.4, -0.2) is 0 Å². The molecule has 33 heavy (non-hydrogen) atoms. The number of hydrogen-bond donors (Lipinski definition) is 0. The molecule has 2 unspecified atom stereocenters. The molecule has 0 aromatic heterocycles. The lowest BCUT2D eigenvalue weighted by Gasteiger charge is -2.36. The van der Waals surface area contributed by atoms with Crippen LogP contribution in [0.5, 0.6) is 0 Å². The van der Waals surface area contributed by atoms with E-state index in [0.717, 1.165) is 19.3 Å². The first kappa shape index (κ1) is 20.2. The van der Waals surface area contributed by atoms with Gasteiger partial charge in [0.2, 0.25) is 0 Å². The fourth-order valence-corrected chi connectivity index (χ4v) is 5.99. The van der Waals surface area contributed by atoms with Crippen LogP contribution in [0.1, 0.15) is 59.1 Å². The summed E-state index contributed by atoms with van der Waals surface area (Å²) >= 11 is 0. The summed E-state index contributed by atoms with van der Waals surface area (Å²) in [6, 6.07) is 18.5. The van der Waals surface area contributed by atoms with E-state index in [4.69, 9.17) is 0 Å². The van der Waals surface area contributed by atoms with Gasteiger partial charge in [-0.05, 0) is 87.6 Å². The molecule has 0 nitrogen and oxygen atoms in total. The molecule has 3 aliphatic carbocycles. The van der Waals surface area contributed by atoms with Gasteiger partial charge in [-0.3, -0.25) is 0 Å². The van der Waals surface area contributed by atoms with Crippen LogP contribution < -0.4 is 0 Å². The molecular formula is C33H30. The van der Waals surface area contributed by atoms with E-state index < -0.39 is 0 Å². The summed E-state index contributed by atoms with van der Waals surface area (Å²) < 4.78 is 0. The molecule has 3 aliphatic rings. The van der Waals surface area contributed by atoms with E-state index in [9.17, 15) is 0 Å². The van der Waals surface area contributed by atoms with Gasteiger partial charge in [0.25, 0.3) is 0 Å². The van der Waals surface area contributed by atoms with Crippen molar-refractivity contribution in [2.75, 3.05) is 0 Å². The largest absolute Gasteiger partial charge is 0.0842 e. The fourth-order valence-electron chi connectivity index (χ4n) is 5.99. The third kappa shape index (κ3) is 3.37. The summed E-state index contributed by atoms with van der Waals surface area (Å²) in [5.74, 6) is 0.766. The van der Waals surface area contributed by atoms with Gasteiger partial charge in [0.05, 0.1) is 0 Å². The zero-order valence-electron chi connectivity index (χ0n) is 19.5. The Morgan fingerprint density at radius 3 is 2.85 bits per heavy atom. The molecule has 3 aromatic rings. The lowest BCUT2D eigenvalue weighted by molar-refractivity contribution is 0.680. The second kappa shape index (κ2) is 8.19. The quantitative estimate of drug-likeness (QED) is 0.392. The number of aryl methyl sites for hydroxylation is 2. The average molecular weight is 427 g/mol. The molecule has 0 saturated heterocycles. The van der Waals surface area contributed by atoms with E-state index in [-0.39, 0.29) is 0 Å². The van der Waals surface area contributed by atoms with Gasteiger partial charge >= 0.3 is 0 Å². The van der Waals surface area contributed by atoms with Crippen LogP contribution in [0.2, 0.25) is 0 Å². The number of hydrogen-bond acceptors (Lipinski definition) is 0. The van der Waals surface area contributed by atoms with Gasteiger partial charge < -0.3 is 0 Å². The molecule has 0 fully saturated rings. The smallest absolute Gasteiger partial charge is 0.0202 e. The Kier molecular flexibility index (Phi) is 5.03. The Balaban J connectivity index is 1.53. The number of rotatable bonds is 3. The molecule has 3 aromatic carbocycles. The molecule has 0 amide bonds. The first-order valence-electron chi connectivity index (χ1n) is 12.3. The maximum Gasteiger partial charge on any atom is 0.0202 e. The summed E-state index contributed by atoms with van der Waals surface area (Å²) in [5, 5.41) is 2.80. The van der Waals surface area contributed by atoms with Gasteiger partial charge in [-0.25, -0.2) is 0 Å². The summed E-state index contributed by atoms with van der Waals surface area (Å²) in [7, 11) is 0. The molecule has 0 N–H and O–H groups in total. The van der Waals surface area contributed by atoms with E-state index >= 15 is 0 Å². The molecule has 0 saturated carbocycles. The number of fused-ring (bicyclic) bond motifs is 5. The first-order valence-corrected chi connectivity index (χ1v) is 12.3. The Morgan fingerprint density at radius 2 is 1.94 bits per heavy atom. The molecule has 162 valence electrons. The van der Waals surface area contributed by atoms with Crippen molar-refractivity contribution >= 4 is 28.5 Å². The molecule has 0 spiro atoms. The summed E-state index contributed by atoms with van der Waals surface area (Å²) in [5.41, 5.74) is 11.4. The highest BCUT2D eigenvalue weighted by atomic mass is 14.4. The van der Waals surface area contributed by atoms with Crippen molar-refractivity contribution in [2.24, 2.45) is 5.92 Å². The SMILES string of the molecule is CC/C=C\c1cc2c3c(ccc2cc1C)C(C1c2ccccc2C=C2C=CC=CC21)=CCC3. The second-order valence-electron chi connectivity index (χ2n) is 9.55. The first-order chi connectivity index (χ1) is 16.2. The van der Waals surface area contributed by atoms with Crippen molar-refractivity contribution in [3.05, 3.63) is 124 Å². The van der Waals surface area contributed by atoms with Crippen molar-refractivity contribution in [2.45, 2.75) is 39.0 Å². The van der Waals surface area contributed by atoms with Gasteiger partial charge in [-0.15, -0.1) is 0 Å². The highest BCUT2D eigenvalue weighted by Gasteiger charge is 2.34. The van der Waals surface area contributed by atoms with Gasteiger partial charge in [0.1, 0.15) is 0 Å². The van der Waals surface area contributed by atoms with Crippen LogP contribution in [0.4, 0.5) is 0 Å². The third-order valence-corrected chi connectivity index (χ3v) is 7.57. The van der Waals surface area contributed by atoms with Crippen LogP contribution in [0.25, 0.3) is 28.5 Å². The second-order valence-corrected chi connectivity index (χ2v) is 9.55. The molecule has 0 heteroatoms. The molecule has 2 atom stereocenters. The standard InChI is InChI=1S/C33H30/c1-3-4-10-23-21-32-26(19-22(23)2)17-18-30-29(32)15-9-16-31(30)33-27-13-7-5-11-24(27)20-25-12-6-8-14-28(25)33/h4-8,10-14,16-21,27,33H,3,9,15H2,1-2H3/b10-4-. The van der Waals surface area contributed by atoms with Crippen molar-refractivity contribution in [1.29, 1.82) is 0 Å². The normalized spacial score (nSPS) is 20.9. The Labute approximate surface area is 197 Å². The zero-order valence-corrected chi connectivity index (χ0v) is 19.5. The monoisotopic (exact) mass is 426 g/mol. The van der Waals surface area contributed by atoms with Crippen LogP contribution in [0.3, 0.4) is 0 Å². The van der Waals surface area contributed by atoms with Crippen LogP contribution in [0.15, 0.2) is 90.6 Å². The van der Waals surface area contributed by atoms with Crippen molar-refractivity contribution in [1.82, 2.24) is 0 Å². The Hall–Kier alpha value is -3.38. The fraction of sp³-hybridized carbons (Fsp3) is 0.212. The molecule has 0 aliphatic heterocycles. The number of allylic oxidation sites excluding steroid dienone is 8. The lowest BCUT2D eigenvalue weighted by Crippen LogP contribution is -2.21. The lowest BCUT2D eigenvalue weighted by atomic mass is 9.67. The summed E-state index contributed by atoms with van der Waals surface area (Å²) in [6.45, 7) is 4.43. The average Bonchev–Trinajstić information content (AvgIpc) is 2.85. The van der Waals surface area contributed by atoms with Crippen molar-refractivity contribution in [3.63, 3.8) is 0 Å². The summed E-state index contributed by atoms with van der Waals surface area (Å²) in [6.07, 6.45) is 21.9. The van der Waals surface area contributed by atoms with Gasteiger partial charge in [-0.2, -0.15) is 0 Å². The van der Waals surface area contributed by atoms with Crippen LogP contribution in [0, 0.1) is 12.8 Å². The van der Waals surface area contributed by atoms with Crippen LogP contribution >= 0.6 is 0 Å². The minimum Gasteiger partial charge on any atom is -0.0842 e. The predicted molar refractivity (Wildman–Crippen MR) is 143 cm³/mol. The minimum absolute atomic E-state index is 0.365. The van der Waals surface area contributed by atoms with E-state index in [1.165, 1.54) is 55.3 Å². The Bertz CT molecular complexity index is 1400. The van der Waals surface area contributed by atoms with Crippen molar-refractivity contribution in [3.8, 4) is 0 Å². The van der Waals surface area contributed by atoms with E-state index in [2.05, 4.69) is 111 Å². The van der Waals surface area contributed by atoms with Crippen molar-refractivity contribution < 1.29 is 0 Å². The molecule has 0 bridgehead atoms. The Morgan fingerprint density at radius 1 is 1.03 bits per heavy atom. The minimum atomic E-state index is 0.365. The summed E-state index contributed by atoms with van der Waals surface area (Å²) in [4.78, 5) is 0. The van der Waals surface area contributed by atoms with Crippen LogP contribution in [-0.2, 0) is 6.42 Å². The molecule has 6 rings (SSSR count). The van der Waals surface area contributed by atoms with E-state index in [0.29, 0.717) is 11.8 Å². The maximum absolute atomic E-state index is 2.52. The van der Waals surface area contributed by atoms with Gasteiger partial charge in [0.15, 0.2) is 0 Å². The third-order valence-electron chi connectivity index (χ3n) is 7.57. The number of benzene rings is 3. The van der Waals surface area contributed by atoms with E-state index in [1.54, 1.807) is 0 Å². The zero-order chi connectivity index (χ0) is 22.4. The molecule has 0 heterocycles. The molecular weight excluding hydrogens is 396 g/mol.